The number of allylic oxidation sites excluding steroid dienone is 1. The van der Waals surface area contributed by atoms with E-state index in [9.17, 15) is 14.4 Å². The molecule has 0 bridgehead atoms. The molecule has 11 heteroatoms. The minimum Gasteiger partial charge on any atom is -0.497 e. The lowest BCUT2D eigenvalue weighted by Crippen LogP contribution is -2.66. The number of amides is 2. The van der Waals surface area contributed by atoms with Gasteiger partial charge in [0.05, 0.1) is 26.9 Å². The average Bonchev–Trinajstić information content (AvgIpc) is 3.13. The van der Waals surface area contributed by atoms with Crippen LogP contribution >= 0.6 is 0 Å². The maximum absolute atomic E-state index is 15.1. The number of hydrogen-bond acceptors (Lipinski definition) is 6. The number of carbonyl (C=O) groups excluding carboxylic acids is 3. The highest BCUT2D eigenvalue weighted by molar-refractivity contribution is 6.14. The Kier molecular flexibility index (Phi) is 7.62. The van der Waals surface area contributed by atoms with Crippen molar-refractivity contribution in [1.29, 1.82) is 0 Å². The van der Waals surface area contributed by atoms with Gasteiger partial charge in [-0.2, -0.15) is 13.2 Å². The molecule has 0 saturated carbocycles. The predicted molar refractivity (Wildman–Crippen MR) is 139 cm³/mol. The summed E-state index contributed by atoms with van der Waals surface area (Å²) in [6.45, 7) is 3.41. The maximum Gasteiger partial charge on any atom is 0.425 e. The largest absolute Gasteiger partial charge is 0.497 e. The molecule has 1 atom stereocenters. The monoisotopic (exact) mass is 560 g/mol. The molecule has 2 aliphatic rings. The highest BCUT2D eigenvalue weighted by atomic mass is 19.4. The van der Waals surface area contributed by atoms with Gasteiger partial charge in [0, 0.05) is 24.2 Å². The van der Waals surface area contributed by atoms with Gasteiger partial charge in [0.1, 0.15) is 5.75 Å². The van der Waals surface area contributed by atoms with Gasteiger partial charge in [-0.15, -0.1) is 0 Å². The second-order valence-electron chi connectivity index (χ2n) is 10.6. The number of rotatable bonds is 8. The van der Waals surface area contributed by atoms with Crippen LogP contribution in [0.25, 0.3) is 0 Å². The molecule has 4 rings (SSSR count). The smallest absolute Gasteiger partial charge is 0.425 e. The number of nitrogens with one attached hydrogen (secondary N) is 1. The number of halogens is 3. The van der Waals surface area contributed by atoms with Gasteiger partial charge >= 0.3 is 6.18 Å². The van der Waals surface area contributed by atoms with Crippen LogP contribution < -0.4 is 19.5 Å². The van der Waals surface area contributed by atoms with Crippen LogP contribution in [-0.4, -0.2) is 62.1 Å². The van der Waals surface area contributed by atoms with E-state index < -0.39 is 40.3 Å². The second-order valence-corrected chi connectivity index (χ2v) is 10.6. The second kappa shape index (κ2) is 10.5. The van der Waals surface area contributed by atoms with Gasteiger partial charge in [0.25, 0.3) is 11.8 Å². The molecule has 1 aliphatic carbocycles. The van der Waals surface area contributed by atoms with E-state index in [0.717, 1.165) is 10.5 Å². The van der Waals surface area contributed by atoms with E-state index in [4.69, 9.17) is 14.2 Å². The molecule has 0 radical (unpaired) electrons. The molecule has 1 N–H and O–H groups in total. The van der Waals surface area contributed by atoms with Gasteiger partial charge in [-0.3, -0.25) is 14.4 Å². The minimum atomic E-state index is -5.30. The third kappa shape index (κ3) is 5.00. The van der Waals surface area contributed by atoms with Gasteiger partial charge < -0.3 is 24.4 Å². The summed E-state index contributed by atoms with van der Waals surface area (Å²) in [7, 11) is 4.20. The molecule has 2 aromatic carbocycles. The summed E-state index contributed by atoms with van der Waals surface area (Å²) in [5.74, 6) is -2.42. The molecular formula is C29H31F3N2O6. The van der Waals surface area contributed by atoms with E-state index in [2.05, 4.69) is 0 Å². The summed E-state index contributed by atoms with van der Waals surface area (Å²) in [6.07, 6.45) is -5.22. The van der Waals surface area contributed by atoms with Gasteiger partial charge in [0.15, 0.2) is 17.3 Å². The quantitative estimate of drug-likeness (QED) is 0.512. The first kappa shape index (κ1) is 29.0. The number of nitrogens with zero attached hydrogens (tertiary/aromatic N) is 1. The molecule has 0 saturated heterocycles. The molecule has 8 nitrogen and oxygen atoms in total. The van der Waals surface area contributed by atoms with E-state index >= 15 is 13.2 Å². The lowest BCUT2D eigenvalue weighted by atomic mass is 9.72. The van der Waals surface area contributed by atoms with Crippen LogP contribution in [0.15, 0.2) is 53.7 Å². The Bertz CT molecular complexity index is 1370. The summed E-state index contributed by atoms with van der Waals surface area (Å²) in [5.41, 5.74) is -4.37. The molecular weight excluding hydrogens is 529 g/mol. The van der Waals surface area contributed by atoms with E-state index in [-0.39, 0.29) is 48.6 Å². The van der Waals surface area contributed by atoms with Crippen LogP contribution in [0.2, 0.25) is 0 Å². The van der Waals surface area contributed by atoms with Crippen molar-refractivity contribution in [2.75, 3.05) is 27.9 Å². The van der Waals surface area contributed by atoms with Crippen molar-refractivity contribution in [3.8, 4) is 17.2 Å². The van der Waals surface area contributed by atoms with E-state index in [0.29, 0.717) is 5.75 Å². The topological polar surface area (TPSA) is 94.2 Å². The third-order valence-corrected chi connectivity index (χ3v) is 7.27. The standard InChI is InChI=1S/C29H31F3N2O6/c1-27(2)15-20-24(21(35)16-27)28(29(30,31)32,33-25(36)18-8-11-22(39-4)23(14-18)40-5)26(37)34(20)13-12-17-6-9-19(38-3)10-7-17/h6-11,14H,12-13,15-16H2,1-5H3,(H,33,36)/t28-/m0/s1. The molecule has 40 heavy (non-hydrogen) atoms. The van der Waals surface area contributed by atoms with Crippen LogP contribution in [0.3, 0.4) is 0 Å². The van der Waals surface area contributed by atoms with Crippen molar-refractivity contribution in [3.63, 3.8) is 0 Å². The fourth-order valence-corrected chi connectivity index (χ4v) is 5.32. The van der Waals surface area contributed by atoms with Gasteiger partial charge in [-0.05, 0) is 54.2 Å². The number of alkyl halides is 3. The third-order valence-electron chi connectivity index (χ3n) is 7.27. The van der Waals surface area contributed by atoms with Crippen LogP contribution in [0.1, 0.15) is 42.6 Å². The van der Waals surface area contributed by atoms with E-state index in [1.54, 1.807) is 38.1 Å². The van der Waals surface area contributed by atoms with Gasteiger partial charge in [0.2, 0.25) is 5.54 Å². The lowest BCUT2D eigenvalue weighted by Gasteiger charge is -2.35. The van der Waals surface area contributed by atoms with Crippen molar-refractivity contribution in [2.24, 2.45) is 5.41 Å². The molecule has 2 aromatic rings. The Labute approximate surface area is 230 Å². The average molecular weight is 561 g/mol. The van der Waals surface area contributed by atoms with Crippen molar-refractivity contribution >= 4 is 17.6 Å². The maximum atomic E-state index is 15.1. The number of benzene rings is 2. The Morgan fingerprint density at radius 1 is 0.950 bits per heavy atom. The SMILES string of the molecule is COc1ccc(CCN2C(=O)[C@](NC(=O)c3ccc(OC)c(OC)c3)(C(F)(F)F)C3=C2CC(C)(C)CC3=O)cc1. The van der Waals surface area contributed by atoms with E-state index in [1.165, 1.54) is 39.5 Å². The van der Waals surface area contributed by atoms with Crippen LogP contribution in [0.5, 0.6) is 17.2 Å². The first-order chi connectivity index (χ1) is 18.8. The molecule has 2 amide bonds. The zero-order valence-electron chi connectivity index (χ0n) is 22.9. The Balaban J connectivity index is 1.77. The summed E-state index contributed by atoms with van der Waals surface area (Å²) < 4.78 is 60.6. The number of Topliss-reactive ketones (excluding diaryl/α,β-unsaturated/α-hetero) is 1. The lowest BCUT2D eigenvalue weighted by molar-refractivity contribution is -0.190. The molecule has 1 aliphatic heterocycles. The summed E-state index contributed by atoms with van der Waals surface area (Å²) in [4.78, 5) is 41.5. The van der Waals surface area contributed by atoms with Crippen molar-refractivity contribution in [3.05, 3.63) is 64.9 Å². The molecule has 214 valence electrons. The fourth-order valence-electron chi connectivity index (χ4n) is 5.32. The first-order valence-electron chi connectivity index (χ1n) is 12.6. The van der Waals surface area contributed by atoms with E-state index in [1.807, 2.05) is 5.32 Å². The normalized spacial score (nSPS) is 20.4. The van der Waals surface area contributed by atoms with Crippen molar-refractivity contribution in [2.45, 2.75) is 44.8 Å². The molecule has 0 spiro atoms. The van der Waals surface area contributed by atoms with Crippen molar-refractivity contribution < 1.29 is 41.8 Å². The number of hydrogen-bond donors (Lipinski definition) is 1. The highest BCUT2D eigenvalue weighted by Crippen LogP contribution is 2.51. The zero-order chi connectivity index (χ0) is 29.5. The predicted octanol–water partition coefficient (Wildman–Crippen LogP) is 4.47. The Morgan fingerprint density at radius 3 is 2.17 bits per heavy atom. The van der Waals surface area contributed by atoms with Crippen LogP contribution in [0, 0.1) is 5.41 Å². The Hall–Kier alpha value is -4.02. The first-order valence-corrected chi connectivity index (χ1v) is 12.6. The Morgan fingerprint density at radius 2 is 1.60 bits per heavy atom. The minimum absolute atomic E-state index is 0.00954. The van der Waals surface area contributed by atoms with Crippen LogP contribution in [-0.2, 0) is 16.0 Å². The molecule has 0 unspecified atom stereocenters. The summed E-state index contributed by atoms with van der Waals surface area (Å²) >= 11 is 0. The van der Waals surface area contributed by atoms with Crippen molar-refractivity contribution in [1.82, 2.24) is 10.2 Å². The number of ketones is 1. The summed E-state index contributed by atoms with van der Waals surface area (Å²) in [5, 5.41) is 1.94. The number of methoxy groups -OCH3 is 3. The molecule has 0 fully saturated rings. The highest BCUT2D eigenvalue weighted by Gasteiger charge is 2.71. The van der Waals surface area contributed by atoms with Gasteiger partial charge in [-0.25, -0.2) is 0 Å². The molecule has 0 aromatic heterocycles. The van der Waals surface area contributed by atoms with Gasteiger partial charge in [-0.1, -0.05) is 26.0 Å². The molecule has 1 heterocycles. The zero-order valence-corrected chi connectivity index (χ0v) is 22.9. The fraction of sp³-hybridized carbons (Fsp3) is 0.414. The van der Waals surface area contributed by atoms with Crippen LogP contribution in [0.4, 0.5) is 13.2 Å². The number of ether oxygens (including phenoxy) is 3. The summed E-state index contributed by atoms with van der Waals surface area (Å²) in [6, 6.07) is 10.7. The number of carbonyl (C=O) groups is 3.